The molecule has 0 aliphatic carbocycles. The van der Waals surface area contributed by atoms with Crippen LogP contribution in [0.2, 0.25) is 0 Å². The first kappa shape index (κ1) is 18.8. The number of benzene rings is 1. The van der Waals surface area contributed by atoms with E-state index in [4.69, 9.17) is 14.9 Å². The largest absolute Gasteiger partial charge is 0.504 e. The molecule has 1 fully saturated rings. The van der Waals surface area contributed by atoms with Gasteiger partial charge in [-0.25, -0.2) is 4.98 Å². The lowest BCUT2D eigenvalue weighted by Crippen LogP contribution is -2.42. The molecule has 3 aromatic rings. The standard InChI is InChI=1S/C22H23N5O3/c1-29-18-7-6-15-20(28)19(10-17-14-5-2-8-24-22(14)26-25-17)30-21(15)16(18)12-27-9-3-4-13(23)11-27/h2,5-8,10,13,28H,3-4,9,11-12,23H2,1H3/t13-/m0/s1. The molecule has 1 saturated heterocycles. The normalized spacial score (nSPS) is 20.2. The molecular weight excluding hydrogens is 382 g/mol. The molecule has 154 valence electrons. The molecule has 0 spiro atoms. The van der Waals surface area contributed by atoms with E-state index in [1.165, 1.54) is 0 Å². The molecule has 0 unspecified atom stereocenters. The highest BCUT2D eigenvalue weighted by Gasteiger charge is 2.24. The van der Waals surface area contributed by atoms with Gasteiger partial charge in [-0.05, 0) is 43.7 Å². The van der Waals surface area contributed by atoms with Crippen molar-refractivity contribution in [3.63, 3.8) is 0 Å². The van der Waals surface area contributed by atoms with E-state index in [-0.39, 0.29) is 11.8 Å². The third-order valence-corrected chi connectivity index (χ3v) is 5.64. The highest BCUT2D eigenvalue weighted by atomic mass is 16.5. The van der Waals surface area contributed by atoms with E-state index < -0.39 is 0 Å². The number of likely N-dealkylation sites (tertiary alicyclic amines) is 1. The number of fused-ring (bicyclic) bond motifs is 2. The smallest absolute Gasteiger partial charge is 0.183 e. The fraction of sp³-hybridized carbons (Fsp3) is 0.318. The second kappa shape index (κ2) is 7.55. The minimum Gasteiger partial charge on any atom is -0.504 e. The number of hydrogen-bond acceptors (Lipinski definition) is 8. The minimum absolute atomic E-state index is 0.0734. The van der Waals surface area contributed by atoms with E-state index in [9.17, 15) is 5.11 Å². The molecule has 8 nitrogen and oxygen atoms in total. The second-order valence-electron chi connectivity index (χ2n) is 7.68. The summed E-state index contributed by atoms with van der Waals surface area (Å²) in [6.45, 7) is 2.44. The van der Waals surface area contributed by atoms with Crippen LogP contribution in [0.1, 0.15) is 29.7 Å². The van der Waals surface area contributed by atoms with Crippen LogP contribution in [0.4, 0.5) is 5.82 Å². The van der Waals surface area contributed by atoms with E-state index in [2.05, 4.69) is 20.1 Å². The molecule has 0 saturated carbocycles. The zero-order chi connectivity index (χ0) is 20.7. The van der Waals surface area contributed by atoms with Crippen molar-refractivity contribution >= 4 is 28.6 Å². The Hall–Kier alpha value is -3.23. The molecule has 30 heavy (non-hydrogen) atoms. The van der Waals surface area contributed by atoms with Gasteiger partial charge in [-0.15, -0.1) is 10.2 Å². The Bertz CT molecular complexity index is 1170. The van der Waals surface area contributed by atoms with Gasteiger partial charge in [0.1, 0.15) is 17.0 Å². The minimum atomic E-state index is 0.0734. The summed E-state index contributed by atoms with van der Waals surface area (Å²) in [4.78, 5) is 6.50. The van der Waals surface area contributed by atoms with Crippen molar-refractivity contribution in [2.75, 3.05) is 20.2 Å². The summed E-state index contributed by atoms with van der Waals surface area (Å²) in [5.74, 6) is 1.69. The zero-order valence-corrected chi connectivity index (χ0v) is 16.7. The van der Waals surface area contributed by atoms with E-state index in [0.29, 0.717) is 34.8 Å². The summed E-state index contributed by atoms with van der Waals surface area (Å²) in [7, 11) is 1.64. The maximum Gasteiger partial charge on any atom is 0.183 e. The number of aromatic hydroxyl groups is 1. The first-order chi connectivity index (χ1) is 14.6. The lowest BCUT2D eigenvalue weighted by molar-refractivity contribution is 0.199. The van der Waals surface area contributed by atoms with Crippen molar-refractivity contribution < 1.29 is 14.3 Å². The number of hydrogen-bond donors (Lipinski definition) is 2. The Labute approximate surface area is 173 Å². The van der Waals surface area contributed by atoms with Crippen molar-refractivity contribution in [2.45, 2.75) is 25.4 Å². The van der Waals surface area contributed by atoms with Crippen LogP contribution in [0.3, 0.4) is 0 Å². The van der Waals surface area contributed by atoms with Gasteiger partial charge in [-0.3, -0.25) is 4.90 Å². The van der Waals surface area contributed by atoms with Crippen LogP contribution in [-0.4, -0.2) is 41.2 Å². The number of aromatic nitrogens is 1. The Morgan fingerprint density at radius 1 is 1.33 bits per heavy atom. The van der Waals surface area contributed by atoms with E-state index in [1.807, 2.05) is 24.3 Å². The average molecular weight is 405 g/mol. The summed E-state index contributed by atoms with van der Waals surface area (Å²) >= 11 is 0. The average Bonchev–Trinajstić information content (AvgIpc) is 3.30. The maximum absolute atomic E-state index is 10.8. The van der Waals surface area contributed by atoms with Gasteiger partial charge in [0.15, 0.2) is 17.3 Å². The molecule has 0 bridgehead atoms. The van der Waals surface area contributed by atoms with Gasteiger partial charge in [0.2, 0.25) is 0 Å². The van der Waals surface area contributed by atoms with Crippen LogP contribution >= 0.6 is 0 Å². The first-order valence-electron chi connectivity index (χ1n) is 10.0. The number of azo groups is 1. The van der Waals surface area contributed by atoms with Crippen molar-refractivity contribution in [1.82, 2.24) is 9.88 Å². The van der Waals surface area contributed by atoms with Gasteiger partial charge in [-0.1, -0.05) is 0 Å². The lowest BCUT2D eigenvalue weighted by Gasteiger charge is -2.30. The third kappa shape index (κ3) is 3.24. The topological polar surface area (TPSA) is 109 Å². The number of methoxy groups -OCH3 is 1. The predicted molar refractivity (Wildman–Crippen MR) is 114 cm³/mol. The Morgan fingerprint density at radius 2 is 2.23 bits per heavy atom. The van der Waals surface area contributed by atoms with Crippen LogP contribution in [0.25, 0.3) is 22.7 Å². The first-order valence-corrected chi connectivity index (χ1v) is 10.0. The maximum atomic E-state index is 10.8. The van der Waals surface area contributed by atoms with Crippen molar-refractivity contribution in [1.29, 1.82) is 0 Å². The number of nitrogens with two attached hydrogens (primary N) is 1. The van der Waals surface area contributed by atoms with Gasteiger partial charge in [0.05, 0.1) is 18.1 Å². The fourth-order valence-corrected chi connectivity index (χ4v) is 4.16. The van der Waals surface area contributed by atoms with Crippen LogP contribution in [0.15, 0.2) is 45.1 Å². The monoisotopic (exact) mass is 405 g/mol. The van der Waals surface area contributed by atoms with Crippen LogP contribution in [0, 0.1) is 0 Å². The van der Waals surface area contributed by atoms with Gasteiger partial charge < -0.3 is 20.0 Å². The molecule has 4 heterocycles. The summed E-state index contributed by atoms with van der Waals surface area (Å²) in [5.41, 5.74) is 9.07. The van der Waals surface area contributed by atoms with Crippen molar-refractivity contribution in [2.24, 2.45) is 16.0 Å². The summed E-state index contributed by atoms with van der Waals surface area (Å²) in [5, 5.41) is 19.7. The zero-order valence-electron chi connectivity index (χ0n) is 16.7. The van der Waals surface area contributed by atoms with E-state index >= 15 is 0 Å². The molecule has 5 rings (SSSR count). The number of piperidine rings is 1. The van der Waals surface area contributed by atoms with E-state index in [0.717, 1.165) is 42.8 Å². The predicted octanol–water partition coefficient (Wildman–Crippen LogP) is 4.06. The van der Waals surface area contributed by atoms with Crippen LogP contribution in [-0.2, 0) is 6.54 Å². The summed E-state index contributed by atoms with van der Waals surface area (Å²) < 4.78 is 11.7. The van der Waals surface area contributed by atoms with Crippen molar-refractivity contribution in [3.8, 4) is 11.5 Å². The molecule has 0 radical (unpaired) electrons. The second-order valence-corrected chi connectivity index (χ2v) is 7.68. The molecular formula is C22H23N5O3. The fourth-order valence-electron chi connectivity index (χ4n) is 4.16. The van der Waals surface area contributed by atoms with Crippen LogP contribution < -0.4 is 10.5 Å². The van der Waals surface area contributed by atoms with E-state index in [1.54, 1.807) is 19.4 Å². The number of furan rings is 1. The summed E-state index contributed by atoms with van der Waals surface area (Å²) in [6.07, 6.45) is 5.48. The Morgan fingerprint density at radius 3 is 3.07 bits per heavy atom. The highest BCUT2D eigenvalue weighted by molar-refractivity contribution is 5.94. The van der Waals surface area contributed by atoms with Gasteiger partial charge in [0, 0.05) is 37.0 Å². The van der Waals surface area contributed by atoms with Gasteiger partial charge >= 0.3 is 0 Å². The number of pyridine rings is 1. The number of ether oxygens (including phenoxy) is 1. The molecule has 8 heteroatoms. The molecule has 0 amide bonds. The Balaban J connectivity index is 1.57. The van der Waals surface area contributed by atoms with Gasteiger partial charge in [0.25, 0.3) is 0 Å². The lowest BCUT2D eigenvalue weighted by atomic mass is 10.0. The van der Waals surface area contributed by atoms with Crippen molar-refractivity contribution in [3.05, 3.63) is 47.3 Å². The molecule has 1 atom stereocenters. The SMILES string of the molecule is COc1ccc2c(O)c(C=C3N=Nc4ncccc43)oc2c1CN1CCC[C@H](N)C1. The number of nitrogens with zero attached hydrogens (tertiary/aromatic N) is 4. The molecule has 2 aliphatic rings. The third-order valence-electron chi connectivity index (χ3n) is 5.64. The number of rotatable bonds is 4. The molecule has 2 aromatic heterocycles. The molecule has 1 aromatic carbocycles. The summed E-state index contributed by atoms with van der Waals surface area (Å²) in [6, 6.07) is 7.57. The Kier molecular flexibility index (Phi) is 4.72. The quantitative estimate of drug-likeness (QED) is 0.677. The highest BCUT2D eigenvalue weighted by Crippen LogP contribution is 2.41. The van der Waals surface area contributed by atoms with Gasteiger partial charge in [-0.2, -0.15) is 0 Å². The van der Waals surface area contributed by atoms with Crippen LogP contribution in [0.5, 0.6) is 11.5 Å². The molecule has 3 N–H and O–H groups in total. The molecule has 2 aliphatic heterocycles.